The van der Waals surface area contributed by atoms with Crippen molar-refractivity contribution in [3.63, 3.8) is 0 Å². The molecule has 10 heteroatoms. The molecule has 140 valence electrons. The Morgan fingerprint density at radius 3 is 2.36 bits per heavy atom. The molecule has 0 aromatic heterocycles. The largest absolute Gasteiger partial charge is 0.382 e. The first-order chi connectivity index (χ1) is 11.8. The molecular formula is C15H23N3O6S. The molecule has 1 aromatic rings. The molecule has 2 amide bonds. The van der Waals surface area contributed by atoms with Gasteiger partial charge >= 0.3 is 0 Å². The summed E-state index contributed by atoms with van der Waals surface area (Å²) in [4.78, 5) is 22.4. The van der Waals surface area contributed by atoms with Crippen LogP contribution in [0.2, 0.25) is 0 Å². The van der Waals surface area contributed by atoms with E-state index in [1.807, 2.05) is 0 Å². The molecule has 9 nitrogen and oxygen atoms in total. The maximum Gasteiger partial charge on any atom is 0.246 e. The fourth-order valence-corrected chi connectivity index (χ4v) is 2.78. The molecule has 0 bridgehead atoms. The van der Waals surface area contributed by atoms with E-state index in [2.05, 4.69) is 15.4 Å². The van der Waals surface area contributed by atoms with Gasteiger partial charge in [-0.1, -0.05) is 0 Å². The van der Waals surface area contributed by atoms with Crippen LogP contribution >= 0.6 is 0 Å². The number of methoxy groups -OCH3 is 1. The lowest BCUT2D eigenvalue weighted by Crippen LogP contribution is -2.36. The van der Waals surface area contributed by atoms with Crippen LogP contribution in [0.3, 0.4) is 0 Å². The number of nitrogens with one attached hydrogen (secondary N) is 3. The minimum absolute atomic E-state index is 0.0413. The van der Waals surface area contributed by atoms with E-state index in [-0.39, 0.29) is 36.4 Å². The van der Waals surface area contributed by atoms with Gasteiger partial charge in [-0.2, -0.15) is 0 Å². The second kappa shape index (κ2) is 10.8. The highest BCUT2D eigenvalue weighted by molar-refractivity contribution is 7.89. The molecule has 0 saturated heterocycles. The number of amides is 2. The van der Waals surface area contributed by atoms with Crippen molar-refractivity contribution < 1.29 is 27.5 Å². The van der Waals surface area contributed by atoms with Gasteiger partial charge in [-0.25, -0.2) is 13.1 Å². The molecule has 0 unspecified atom stereocenters. The molecule has 0 fully saturated rings. The summed E-state index contributed by atoms with van der Waals surface area (Å²) in [6.07, 6.45) is 0. The van der Waals surface area contributed by atoms with Gasteiger partial charge in [0.1, 0.15) is 6.61 Å². The predicted molar refractivity (Wildman–Crippen MR) is 91.6 cm³/mol. The summed E-state index contributed by atoms with van der Waals surface area (Å²) in [6, 6.07) is 5.76. The molecule has 0 atom stereocenters. The van der Waals surface area contributed by atoms with Crippen LogP contribution in [0.1, 0.15) is 6.92 Å². The summed E-state index contributed by atoms with van der Waals surface area (Å²) in [5.41, 5.74) is 0.507. The van der Waals surface area contributed by atoms with Gasteiger partial charge in [-0.05, 0) is 24.3 Å². The number of carbonyl (C=O) groups is 2. The Balaban J connectivity index is 2.35. The number of hydrogen-bond acceptors (Lipinski definition) is 6. The molecule has 0 saturated carbocycles. The van der Waals surface area contributed by atoms with Gasteiger partial charge in [-0.3, -0.25) is 9.59 Å². The monoisotopic (exact) mass is 373 g/mol. The highest BCUT2D eigenvalue weighted by Crippen LogP contribution is 2.13. The zero-order valence-electron chi connectivity index (χ0n) is 14.2. The first kappa shape index (κ1) is 21.0. The van der Waals surface area contributed by atoms with Crippen molar-refractivity contribution in [2.45, 2.75) is 11.8 Å². The fraction of sp³-hybridized carbons (Fsp3) is 0.467. The number of anilines is 1. The third-order valence-electron chi connectivity index (χ3n) is 2.89. The van der Waals surface area contributed by atoms with Crippen LogP contribution in [-0.2, 0) is 29.1 Å². The average Bonchev–Trinajstić information content (AvgIpc) is 2.55. The van der Waals surface area contributed by atoms with Gasteiger partial charge < -0.3 is 20.1 Å². The summed E-state index contributed by atoms with van der Waals surface area (Å²) in [6.45, 7) is 2.14. The third kappa shape index (κ3) is 8.59. The van der Waals surface area contributed by atoms with Crippen LogP contribution in [-0.4, -0.2) is 60.3 Å². The Morgan fingerprint density at radius 2 is 1.76 bits per heavy atom. The van der Waals surface area contributed by atoms with E-state index in [9.17, 15) is 18.0 Å². The molecule has 0 aliphatic heterocycles. The highest BCUT2D eigenvalue weighted by atomic mass is 32.2. The van der Waals surface area contributed by atoms with Crippen molar-refractivity contribution in [2.75, 3.05) is 45.3 Å². The molecule has 0 aliphatic rings. The Labute approximate surface area is 147 Å². The van der Waals surface area contributed by atoms with Gasteiger partial charge in [0.25, 0.3) is 0 Å². The Bertz CT molecular complexity index is 660. The van der Waals surface area contributed by atoms with E-state index in [0.717, 1.165) is 0 Å². The first-order valence-electron chi connectivity index (χ1n) is 7.56. The van der Waals surface area contributed by atoms with Crippen LogP contribution in [0.4, 0.5) is 5.69 Å². The number of carbonyl (C=O) groups excluding carboxylic acids is 2. The molecule has 0 aliphatic carbocycles. The van der Waals surface area contributed by atoms with Crippen LogP contribution in [0.25, 0.3) is 0 Å². The lowest BCUT2D eigenvalue weighted by Gasteiger charge is -2.09. The zero-order valence-corrected chi connectivity index (χ0v) is 15.0. The minimum atomic E-state index is -3.69. The summed E-state index contributed by atoms with van der Waals surface area (Å²) >= 11 is 0. The molecule has 1 rings (SSSR count). The summed E-state index contributed by atoms with van der Waals surface area (Å²) in [7, 11) is -2.16. The van der Waals surface area contributed by atoms with E-state index < -0.39 is 10.0 Å². The summed E-state index contributed by atoms with van der Waals surface area (Å²) in [5, 5.41) is 5.09. The van der Waals surface area contributed by atoms with Crippen molar-refractivity contribution in [3.8, 4) is 0 Å². The standard InChI is InChI=1S/C15H23N3O6S/c1-12(19)18-13-3-5-14(6-4-13)25(21,22)17-8-7-16-15(20)11-24-10-9-23-2/h3-6,17H,7-11H2,1-2H3,(H,16,20)(H,18,19). The summed E-state index contributed by atoms with van der Waals surface area (Å²) in [5.74, 6) is -0.578. The van der Waals surface area contributed by atoms with Gasteiger partial charge in [0.15, 0.2) is 0 Å². The SMILES string of the molecule is COCCOCC(=O)NCCNS(=O)(=O)c1ccc(NC(C)=O)cc1. The minimum Gasteiger partial charge on any atom is -0.382 e. The van der Waals surface area contributed by atoms with E-state index >= 15 is 0 Å². The fourth-order valence-electron chi connectivity index (χ4n) is 1.75. The average molecular weight is 373 g/mol. The second-order valence-electron chi connectivity index (χ2n) is 5.00. The van der Waals surface area contributed by atoms with Crippen molar-refractivity contribution >= 4 is 27.5 Å². The summed E-state index contributed by atoms with van der Waals surface area (Å²) < 4.78 is 36.4. The van der Waals surface area contributed by atoms with Gasteiger partial charge in [0.2, 0.25) is 21.8 Å². The lowest BCUT2D eigenvalue weighted by atomic mass is 10.3. The number of ether oxygens (including phenoxy) is 2. The number of benzene rings is 1. The maximum atomic E-state index is 12.1. The van der Waals surface area contributed by atoms with Crippen LogP contribution < -0.4 is 15.4 Å². The molecule has 0 radical (unpaired) electrons. The van der Waals surface area contributed by atoms with Crippen molar-refractivity contribution in [2.24, 2.45) is 0 Å². The van der Waals surface area contributed by atoms with E-state index in [1.54, 1.807) is 0 Å². The Morgan fingerprint density at radius 1 is 1.08 bits per heavy atom. The van der Waals surface area contributed by atoms with E-state index in [4.69, 9.17) is 9.47 Å². The zero-order chi connectivity index (χ0) is 18.7. The number of rotatable bonds is 11. The van der Waals surface area contributed by atoms with Gasteiger partial charge in [0, 0.05) is 32.8 Å². The first-order valence-corrected chi connectivity index (χ1v) is 9.04. The van der Waals surface area contributed by atoms with Crippen LogP contribution in [0.5, 0.6) is 0 Å². The van der Waals surface area contributed by atoms with Crippen molar-refractivity contribution in [3.05, 3.63) is 24.3 Å². The molecule has 25 heavy (non-hydrogen) atoms. The topological polar surface area (TPSA) is 123 Å². The van der Waals surface area contributed by atoms with E-state index in [1.165, 1.54) is 38.3 Å². The highest BCUT2D eigenvalue weighted by Gasteiger charge is 2.13. The van der Waals surface area contributed by atoms with Gasteiger partial charge in [-0.15, -0.1) is 0 Å². The third-order valence-corrected chi connectivity index (χ3v) is 4.37. The smallest absolute Gasteiger partial charge is 0.246 e. The molecule has 1 aromatic carbocycles. The second-order valence-corrected chi connectivity index (χ2v) is 6.77. The number of sulfonamides is 1. The van der Waals surface area contributed by atoms with Crippen LogP contribution in [0, 0.1) is 0 Å². The van der Waals surface area contributed by atoms with Gasteiger partial charge in [0.05, 0.1) is 18.1 Å². The normalized spacial score (nSPS) is 11.1. The predicted octanol–water partition coefficient (Wildman–Crippen LogP) is -0.297. The quantitative estimate of drug-likeness (QED) is 0.458. The molecule has 0 spiro atoms. The van der Waals surface area contributed by atoms with Crippen LogP contribution in [0.15, 0.2) is 29.2 Å². The van der Waals surface area contributed by atoms with Crippen molar-refractivity contribution in [1.29, 1.82) is 0 Å². The molecule has 0 heterocycles. The van der Waals surface area contributed by atoms with E-state index in [0.29, 0.717) is 18.9 Å². The van der Waals surface area contributed by atoms with Crippen molar-refractivity contribution in [1.82, 2.24) is 10.0 Å². The number of hydrogen-bond donors (Lipinski definition) is 3. The molecule has 3 N–H and O–H groups in total. The lowest BCUT2D eigenvalue weighted by molar-refractivity contribution is -0.126. The Kier molecular flexibility index (Phi) is 9.06. The maximum absolute atomic E-state index is 12.1. The Hall–Kier alpha value is -2.01. The molecular weight excluding hydrogens is 350 g/mol.